The fourth-order valence-corrected chi connectivity index (χ4v) is 7.85. The Kier molecular flexibility index (Phi) is 12.0. The number of nitrogens with one attached hydrogen (secondary N) is 2. The number of anilines is 2. The molecule has 0 bridgehead atoms. The van der Waals surface area contributed by atoms with Gasteiger partial charge in [-0.05, 0) is 72.3 Å². The molecule has 1 amide bonds. The number of rotatable bonds is 13. The fourth-order valence-electron chi connectivity index (χ4n) is 6.06. The summed E-state index contributed by atoms with van der Waals surface area (Å²) in [5, 5.41) is 12.5. The first-order valence-electron chi connectivity index (χ1n) is 17.0. The van der Waals surface area contributed by atoms with Crippen LogP contribution in [0.4, 0.5) is 24.5 Å². The molecule has 1 saturated heterocycles. The lowest BCUT2D eigenvalue weighted by Gasteiger charge is -2.36. The first-order chi connectivity index (χ1) is 25.9. The molecule has 10 nitrogen and oxygen atoms in total. The van der Waals surface area contributed by atoms with E-state index in [1.165, 1.54) is 30.1 Å². The van der Waals surface area contributed by atoms with Crippen molar-refractivity contribution in [2.45, 2.75) is 22.5 Å². The van der Waals surface area contributed by atoms with Gasteiger partial charge in [-0.1, -0.05) is 30.3 Å². The van der Waals surface area contributed by atoms with Crippen LogP contribution in [0.3, 0.4) is 0 Å². The maximum absolute atomic E-state index is 14.0. The highest BCUT2D eigenvalue weighted by Crippen LogP contribution is 2.37. The number of pyridine rings is 1. The van der Waals surface area contributed by atoms with E-state index >= 15 is 0 Å². The first kappa shape index (κ1) is 38.5. The maximum Gasteiger partial charge on any atom is 0.418 e. The van der Waals surface area contributed by atoms with Crippen LogP contribution in [0.15, 0.2) is 119 Å². The molecule has 1 aliphatic heterocycles. The van der Waals surface area contributed by atoms with E-state index in [0.29, 0.717) is 31.5 Å². The maximum atomic E-state index is 14.0. The third-order valence-corrected chi connectivity index (χ3v) is 11.2. The summed E-state index contributed by atoms with van der Waals surface area (Å²) in [6.45, 7) is 3.79. The molecule has 15 heteroatoms. The summed E-state index contributed by atoms with van der Waals surface area (Å²) in [7, 11) is -3.00. The van der Waals surface area contributed by atoms with E-state index in [1.54, 1.807) is 31.5 Å². The second-order valence-corrected chi connectivity index (χ2v) is 15.3. The Hall–Kier alpha value is -5.25. The second kappa shape index (κ2) is 16.8. The van der Waals surface area contributed by atoms with E-state index in [2.05, 4.69) is 20.1 Å². The first-order valence-corrected chi connectivity index (χ1v) is 19.5. The number of hydrogen-bond acceptors (Lipinski definition) is 10. The topological polar surface area (TPSA) is 124 Å². The van der Waals surface area contributed by atoms with Gasteiger partial charge in [0.25, 0.3) is 15.9 Å². The molecule has 3 N–H and O–H groups in total. The van der Waals surface area contributed by atoms with E-state index in [0.717, 1.165) is 58.2 Å². The van der Waals surface area contributed by atoms with Crippen LogP contribution < -0.4 is 19.7 Å². The van der Waals surface area contributed by atoms with Crippen LogP contribution in [0.1, 0.15) is 21.5 Å². The number of hydrogen-bond donors (Lipinski definition) is 3. The Morgan fingerprint density at radius 2 is 1.65 bits per heavy atom. The standard InChI is InChI=1S/C39H38F3N5O5S2/c1-52-37-22-28(30-21-32(48)25-43-24-30)7-8-29(37)26-46-16-18-47(19-17-46)31-11-9-27(10-12-31)38(49)45-54(50,51)34-13-14-36(35(23-34)39(40,41)42)44-15-20-53-33-5-3-2-4-6-33/h2-14,21-25,44,48H,15-20,26H2,1H3,(H,45,49). The van der Waals surface area contributed by atoms with Crippen LogP contribution in [0.5, 0.6) is 11.5 Å². The Morgan fingerprint density at radius 1 is 0.907 bits per heavy atom. The number of sulfonamides is 1. The summed E-state index contributed by atoms with van der Waals surface area (Å²) in [5.41, 5.74) is 2.16. The quantitative estimate of drug-likeness (QED) is 0.0841. The lowest BCUT2D eigenvalue weighted by atomic mass is 10.0. The minimum absolute atomic E-state index is 0.0447. The number of ether oxygens (including phenoxy) is 1. The van der Waals surface area contributed by atoms with Crippen LogP contribution in [-0.2, 0) is 22.7 Å². The highest BCUT2D eigenvalue weighted by Gasteiger charge is 2.35. The summed E-state index contributed by atoms with van der Waals surface area (Å²) in [5.74, 6) is 0.342. The minimum Gasteiger partial charge on any atom is -0.506 e. The number of alkyl halides is 3. The van der Waals surface area contributed by atoms with Crippen molar-refractivity contribution in [3.8, 4) is 22.6 Å². The van der Waals surface area contributed by atoms with Crippen molar-refractivity contribution in [2.24, 2.45) is 0 Å². The lowest BCUT2D eigenvalue weighted by molar-refractivity contribution is -0.137. The van der Waals surface area contributed by atoms with Crippen molar-refractivity contribution >= 4 is 39.1 Å². The monoisotopic (exact) mass is 777 g/mol. The van der Waals surface area contributed by atoms with Crippen molar-refractivity contribution in [3.05, 3.63) is 126 Å². The number of nitrogens with zero attached hydrogens (tertiary/aromatic N) is 3. The number of carbonyl (C=O) groups is 1. The highest BCUT2D eigenvalue weighted by atomic mass is 32.2. The van der Waals surface area contributed by atoms with Gasteiger partial charge >= 0.3 is 6.18 Å². The van der Waals surface area contributed by atoms with Gasteiger partial charge in [-0.3, -0.25) is 14.7 Å². The molecular formula is C39H38F3N5O5S2. The molecule has 0 radical (unpaired) electrons. The molecule has 54 heavy (non-hydrogen) atoms. The normalized spacial score (nSPS) is 13.7. The molecule has 1 fully saturated rings. The van der Waals surface area contributed by atoms with Gasteiger partial charge in [0.1, 0.15) is 11.5 Å². The highest BCUT2D eigenvalue weighted by molar-refractivity contribution is 7.99. The zero-order valence-electron chi connectivity index (χ0n) is 29.2. The molecule has 6 rings (SSSR count). The second-order valence-electron chi connectivity index (χ2n) is 12.5. The van der Waals surface area contributed by atoms with Gasteiger partial charge in [0.05, 0.1) is 23.8 Å². The zero-order chi connectivity index (χ0) is 38.3. The summed E-state index contributed by atoms with van der Waals surface area (Å²) >= 11 is 1.47. The number of piperazine rings is 1. The Morgan fingerprint density at radius 3 is 2.33 bits per heavy atom. The fraction of sp³-hybridized carbons (Fsp3) is 0.231. The third kappa shape index (κ3) is 9.64. The lowest BCUT2D eigenvalue weighted by Crippen LogP contribution is -2.46. The van der Waals surface area contributed by atoms with Crippen LogP contribution in [0.2, 0.25) is 0 Å². The Balaban J connectivity index is 1.03. The molecule has 2 heterocycles. The average Bonchev–Trinajstić information content (AvgIpc) is 3.17. The van der Waals surface area contributed by atoms with Gasteiger partial charge in [0.15, 0.2) is 0 Å². The SMILES string of the molecule is COc1cc(-c2cncc(O)c2)ccc1CN1CCN(c2ccc(C(=O)NS(=O)(=O)c3ccc(NCCSc4ccccc4)c(C(F)(F)F)c3)cc2)CC1. The van der Waals surface area contributed by atoms with Crippen molar-refractivity contribution < 1.29 is 36.2 Å². The smallest absolute Gasteiger partial charge is 0.418 e. The third-order valence-electron chi connectivity index (χ3n) is 8.87. The number of amides is 1. The van der Waals surface area contributed by atoms with Gasteiger partial charge in [-0.2, -0.15) is 13.2 Å². The Labute approximate surface area is 316 Å². The number of aromatic hydroxyl groups is 1. The van der Waals surface area contributed by atoms with Gasteiger partial charge in [-0.25, -0.2) is 13.1 Å². The molecule has 4 aromatic carbocycles. The van der Waals surface area contributed by atoms with Crippen LogP contribution >= 0.6 is 11.8 Å². The van der Waals surface area contributed by atoms with Gasteiger partial charge < -0.3 is 20.1 Å². The number of benzene rings is 4. The molecule has 282 valence electrons. The molecule has 1 aliphatic rings. The van der Waals surface area contributed by atoms with Crippen molar-refractivity contribution in [1.29, 1.82) is 0 Å². The Bertz CT molecular complexity index is 2180. The van der Waals surface area contributed by atoms with E-state index in [1.807, 2.05) is 53.3 Å². The molecule has 1 aromatic heterocycles. The van der Waals surface area contributed by atoms with Gasteiger partial charge in [-0.15, -0.1) is 11.8 Å². The van der Waals surface area contributed by atoms with Crippen molar-refractivity contribution in [3.63, 3.8) is 0 Å². The van der Waals surface area contributed by atoms with E-state index < -0.39 is 32.6 Å². The van der Waals surface area contributed by atoms with E-state index in [4.69, 9.17) is 4.74 Å². The molecule has 0 aliphatic carbocycles. The summed E-state index contributed by atoms with van der Waals surface area (Å²) in [4.78, 5) is 21.8. The number of halogens is 3. The van der Waals surface area contributed by atoms with Gasteiger partial charge in [0, 0.05) is 84.2 Å². The number of carbonyl (C=O) groups excluding carboxylic acids is 1. The van der Waals surface area contributed by atoms with Crippen LogP contribution in [-0.4, -0.2) is 74.9 Å². The van der Waals surface area contributed by atoms with Crippen LogP contribution in [0, 0.1) is 0 Å². The predicted molar refractivity (Wildman–Crippen MR) is 204 cm³/mol. The molecule has 0 saturated carbocycles. The number of thioether (sulfide) groups is 1. The summed E-state index contributed by atoms with van der Waals surface area (Å²) < 4.78 is 75.7. The summed E-state index contributed by atoms with van der Waals surface area (Å²) in [6, 6.07) is 26.0. The molecule has 0 spiro atoms. The molecular weight excluding hydrogens is 740 g/mol. The molecule has 0 atom stereocenters. The molecule has 0 unspecified atom stereocenters. The predicted octanol–water partition coefficient (Wildman–Crippen LogP) is 7.13. The number of methoxy groups -OCH3 is 1. The van der Waals surface area contributed by atoms with Crippen molar-refractivity contribution in [2.75, 3.05) is 55.8 Å². The van der Waals surface area contributed by atoms with Crippen LogP contribution in [0.25, 0.3) is 11.1 Å². The van der Waals surface area contributed by atoms with E-state index in [9.17, 15) is 31.5 Å². The zero-order valence-corrected chi connectivity index (χ0v) is 30.8. The average molecular weight is 778 g/mol. The number of aromatic nitrogens is 1. The van der Waals surface area contributed by atoms with Crippen molar-refractivity contribution in [1.82, 2.24) is 14.6 Å². The van der Waals surface area contributed by atoms with Gasteiger partial charge in [0.2, 0.25) is 0 Å². The summed E-state index contributed by atoms with van der Waals surface area (Å²) in [6.07, 6.45) is -1.78. The largest absolute Gasteiger partial charge is 0.506 e. The van der Waals surface area contributed by atoms with E-state index in [-0.39, 0.29) is 23.5 Å². The molecule has 5 aromatic rings. The minimum atomic E-state index is -4.84.